The van der Waals surface area contributed by atoms with Crippen molar-refractivity contribution >= 4 is 43.0 Å². The van der Waals surface area contributed by atoms with E-state index in [-0.39, 0.29) is 4.21 Å². The zero-order chi connectivity index (χ0) is 14.8. The van der Waals surface area contributed by atoms with Crippen molar-refractivity contribution in [3.8, 4) is 0 Å². The number of hydrogen-bond donors (Lipinski definition) is 1. The molecule has 0 aliphatic rings. The van der Waals surface area contributed by atoms with Crippen molar-refractivity contribution in [3.05, 3.63) is 45.2 Å². The molecule has 0 saturated carbocycles. The Hall–Kier alpha value is -0.890. The Morgan fingerprint density at radius 1 is 1.35 bits per heavy atom. The Labute approximate surface area is 131 Å². The first-order valence-electron chi connectivity index (χ1n) is 5.79. The molecule has 20 heavy (non-hydrogen) atoms. The summed E-state index contributed by atoms with van der Waals surface area (Å²) in [7, 11) is -2.00. The van der Waals surface area contributed by atoms with Gasteiger partial charge in [-0.25, -0.2) is 8.42 Å². The third-order valence-corrected chi connectivity index (χ3v) is 6.64. The van der Waals surface area contributed by atoms with E-state index in [1.807, 2.05) is 19.1 Å². The standard InChI is InChI=1S/C13H14BrNO3S2/c1-9-7-12(19-13(9)14)20(16,17)15-11-6-4-3-5-10(11)8-18-2/h3-7,15H,8H2,1-2H3. The second kappa shape index (κ2) is 6.26. The lowest BCUT2D eigenvalue weighted by Crippen LogP contribution is -2.13. The molecule has 108 valence electrons. The van der Waals surface area contributed by atoms with Gasteiger partial charge in [0.25, 0.3) is 10.0 Å². The highest BCUT2D eigenvalue weighted by Gasteiger charge is 2.19. The molecule has 2 rings (SSSR count). The zero-order valence-electron chi connectivity index (χ0n) is 11.0. The molecule has 0 bridgehead atoms. The van der Waals surface area contributed by atoms with Crippen molar-refractivity contribution in [2.24, 2.45) is 0 Å². The molecule has 0 fully saturated rings. The Balaban J connectivity index is 2.33. The number of ether oxygens (including phenoxy) is 1. The third kappa shape index (κ3) is 3.41. The molecular weight excluding hydrogens is 362 g/mol. The largest absolute Gasteiger partial charge is 0.380 e. The molecule has 0 atom stereocenters. The summed E-state index contributed by atoms with van der Waals surface area (Å²) in [6.07, 6.45) is 0. The quantitative estimate of drug-likeness (QED) is 0.865. The number of rotatable bonds is 5. The second-order valence-electron chi connectivity index (χ2n) is 4.22. The van der Waals surface area contributed by atoms with Gasteiger partial charge in [-0.1, -0.05) is 18.2 Å². The number of halogens is 1. The van der Waals surface area contributed by atoms with Gasteiger partial charge in [-0.2, -0.15) is 0 Å². The number of nitrogens with one attached hydrogen (secondary N) is 1. The summed E-state index contributed by atoms with van der Waals surface area (Å²) in [5, 5.41) is 0. The topological polar surface area (TPSA) is 55.4 Å². The minimum atomic E-state index is -3.57. The van der Waals surface area contributed by atoms with E-state index >= 15 is 0 Å². The molecule has 2 aromatic rings. The van der Waals surface area contributed by atoms with E-state index in [4.69, 9.17) is 4.74 Å². The fourth-order valence-corrected chi connectivity index (χ4v) is 4.99. The predicted octanol–water partition coefficient (Wildman–Crippen LogP) is 3.77. The first-order valence-corrected chi connectivity index (χ1v) is 8.89. The Morgan fingerprint density at radius 3 is 2.65 bits per heavy atom. The first kappa shape index (κ1) is 15.5. The maximum atomic E-state index is 12.4. The summed E-state index contributed by atoms with van der Waals surface area (Å²) in [5.74, 6) is 0. The van der Waals surface area contributed by atoms with Crippen molar-refractivity contribution in [2.75, 3.05) is 11.8 Å². The van der Waals surface area contributed by atoms with Gasteiger partial charge in [0.2, 0.25) is 0 Å². The monoisotopic (exact) mass is 375 g/mol. The van der Waals surface area contributed by atoms with Crippen molar-refractivity contribution in [1.82, 2.24) is 0 Å². The van der Waals surface area contributed by atoms with Gasteiger partial charge in [-0.05, 0) is 40.5 Å². The number of para-hydroxylation sites is 1. The van der Waals surface area contributed by atoms with Crippen LogP contribution in [0.3, 0.4) is 0 Å². The molecule has 1 aromatic heterocycles. The van der Waals surface area contributed by atoms with Crippen molar-refractivity contribution in [3.63, 3.8) is 0 Å². The highest BCUT2D eigenvalue weighted by Crippen LogP contribution is 2.32. The van der Waals surface area contributed by atoms with Crippen LogP contribution >= 0.6 is 27.3 Å². The van der Waals surface area contributed by atoms with Crippen LogP contribution in [0.25, 0.3) is 0 Å². The molecule has 0 radical (unpaired) electrons. The van der Waals surface area contributed by atoms with Crippen LogP contribution in [-0.2, 0) is 21.4 Å². The number of methoxy groups -OCH3 is 1. The Morgan fingerprint density at radius 2 is 2.05 bits per heavy atom. The number of thiophene rings is 1. The minimum Gasteiger partial charge on any atom is -0.380 e. The summed E-state index contributed by atoms with van der Waals surface area (Å²) in [6, 6.07) is 8.83. The van der Waals surface area contributed by atoms with Crippen LogP contribution in [0.1, 0.15) is 11.1 Å². The third-order valence-electron chi connectivity index (χ3n) is 2.66. The Kier molecular flexibility index (Phi) is 4.85. The SMILES string of the molecule is COCc1ccccc1NS(=O)(=O)c1cc(C)c(Br)s1. The summed E-state index contributed by atoms with van der Waals surface area (Å²) >= 11 is 4.53. The first-order chi connectivity index (χ1) is 9.44. The van der Waals surface area contributed by atoms with Crippen molar-refractivity contribution in [2.45, 2.75) is 17.7 Å². The van der Waals surface area contributed by atoms with Crippen LogP contribution in [0, 0.1) is 6.92 Å². The van der Waals surface area contributed by atoms with Gasteiger partial charge in [0, 0.05) is 12.7 Å². The molecule has 1 heterocycles. The van der Waals surface area contributed by atoms with Gasteiger partial charge in [-0.15, -0.1) is 11.3 Å². The highest BCUT2D eigenvalue weighted by atomic mass is 79.9. The molecule has 1 aromatic carbocycles. The minimum absolute atomic E-state index is 0.286. The van der Waals surface area contributed by atoms with E-state index in [9.17, 15) is 8.42 Å². The summed E-state index contributed by atoms with van der Waals surface area (Å²) in [4.78, 5) is 0. The van der Waals surface area contributed by atoms with Crippen molar-refractivity contribution < 1.29 is 13.2 Å². The molecule has 0 unspecified atom stereocenters. The lowest BCUT2D eigenvalue weighted by atomic mass is 10.2. The van der Waals surface area contributed by atoms with E-state index < -0.39 is 10.0 Å². The maximum Gasteiger partial charge on any atom is 0.271 e. The van der Waals surface area contributed by atoms with E-state index in [0.717, 1.165) is 14.9 Å². The lowest BCUT2D eigenvalue weighted by Gasteiger charge is -2.10. The van der Waals surface area contributed by atoms with E-state index in [1.165, 1.54) is 11.3 Å². The van der Waals surface area contributed by atoms with E-state index in [0.29, 0.717) is 12.3 Å². The predicted molar refractivity (Wildman–Crippen MR) is 84.7 cm³/mol. The molecule has 0 aliphatic heterocycles. The number of aryl methyl sites for hydroxylation is 1. The van der Waals surface area contributed by atoms with Crippen LogP contribution in [0.2, 0.25) is 0 Å². The van der Waals surface area contributed by atoms with Crippen LogP contribution in [-0.4, -0.2) is 15.5 Å². The van der Waals surface area contributed by atoms with E-state index in [2.05, 4.69) is 20.7 Å². The fourth-order valence-electron chi connectivity index (χ4n) is 1.66. The van der Waals surface area contributed by atoms with Crippen LogP contribution in [0.4, 0.5) is 5.69 Å². The van der Waals surface area contributed by atoms with Gasteiger partial charge in [0.1, 0.15) is 4.21 Å². The van der Waals surface area contributed by atoms with Gasteiger partial charge >= 0.3 is 0 Å². The highest BCUT2D eigenvalue weighted by molar-refractivity contribution is 9.11. The van der Waals surface area contributed by atoms with E-state index in [1.54, 1.807) is 25.3 Å². The second-order valence-corrected chi connectivity index (χ2v) is 8.50. The number of sulfonamides is 1. The molecular formula is C13H14BrNO3S2. The molecule has 1 N–H and O–H groups in total. The molecule has 0 saturated heterocycles. The summed E-state index contributed by atoms with van der Waals surface area (Å²) in [5.41, 5.74) is 2.24. The summed E-state index contributed by atoms with van der Waals surface area (Å²) < 4.78 is 33.5. The number of anilines is 1. The van der Waals surface area contributed by atoms with Gasteiger partial charge in [0.05, 0.1) is 16.1 Å². The molecule has 0 aliphatic carbocycles. The zero-order valence-corrected chi connectivity index (χ0v) is 14.2. The molecule has 0 amide bonds. The normalized spacial score (nSPS) is 11.6. The number of hydrogen-bond acceptors (Lipinski definition) is 4. The van der Waals surface area contributed by atoms with Gasteiger partial charge < -0.3 is 4.74 Å². The fraction of sp³-hybridized carbons (Fsp3) is 0.231. The molecule has 4 nitrogen and oxygen atoms in total. The van der Waals surface area contributed by atoms with Gasteiger partial charge in [0.15, 0.2) is 0 Å². The number of benzene rings is 1. The molecule has 7 heteroatoms. The average Bonchev–Trinajstić information content (AvgIpc) is 2.73. The van der Waals surface area contributed by atoms with Crippen LogP contribution < -0.4 is 4.72 Å². The van der Waals surface area contributed by atoms with Crippen molar-refractivity contribution in [1.29, 1.82) is 0 Å². The van der Waals surface area contributed by atoms with Crippen LogP contribution in [0.5, 0.6) is 0 Å². The maximum absolute atomic E-state index is 12.4. The lowest BCUT2D eigenvalue weighted by molar-refractivity contribution is 0.185. The molecule has 0 spiro atoms. The smallest absolute Gasteiger partial charge is 0.271 e. The Bertz CT molecular complexity index is 691. The average molecular weight is 376 g/mol. The summed E-state index contributed by atoms with van der Waals surface area (Å²) in [6.45, 7) is 2.21. The van der Waals surface area contributed by atoms with Gasteiger partial charge in [-0.3, -0.25) is 4.72 Å². The van der Waals surface area contributed by atoms with Crippen LogP contribution in [0.15, 0.2) is 38.3 Å².